The van der Waals surface area contributed by atoms with Crippen LogP contribution >= 0.6 is 0 Å². The highest BCUT2D eigenvalue weighted by atomic mass is 16.2. The topological polar surface area (TPSA) is 27.4 Å². The molecule has 4 nitrogen and oxygen atoms in total. The van der Waals surface area contributed by atoms with Crippen molar-refractivity contribution in [3.8, 4) is 0 Å². The molecule has 0 radical (unpaired) electrons. The number of benzene rings is 1. The Morgan fingerprint density at radius 2 is 1.72 bits per heavy atom. The maximum absolute atomic E-state index is 12.5. The van der Waals surface area contributed by atoms with Crippen molar-refractivity contribution in [1.29, 1.82) is 0 Å². The average Bonchev–Trinajstić information content (AvgIpc) is 2.63. The molecule has 0 N–H and O–H groups in total. The van der Waals surface area contributed by atoms with E-state index in [1.807, 2.05) is 48.1 Å². The summed E-state index contributed by atoms with van der Waals surface area (Å²) in [5.74, 6) is 0.916. The van der Waals surface area contributed by atoms with E-state index in [4.69, 9.17) is 0 Å². The molecule has 0 aliphatic carbocycles. The summed E-state index contributed by atoms with van der Waals surface area (Å²) in [6, 6.07) is 14.8. The van der Waals surface area contributed by atoms with Gasteiger partial charge in [0.2, 0.25) is 6.54 Å². The third kappa shape index (κ3) is 4.81. The van der Waals surface area contributed by atoms with Crippen LogP contribution in [0.2, 0.25) is 0 Å². The minimum absolute atomic E-state index is 0.223. The highest BCUT2D eigenvalue weighted by Gasteiger charge is 2.24. The van der Waals surface area contributed by atoms with Crippen molar-refractivity contribution in [2.75, 3.05) is 32.1 Å². The molecule has 0 unspecified atom stereocenters. The number of nitrogens with zero attached hydrogens (tertiary/aromatic N) is 3. The summed E-state index contributed by atoms with van der Waals surface area (Å²) < 4.78 is 1.96. The van der Waals surface area contributed by atoms with Gasteiger partial charge in [-0.25, -0.2) is 0 Å². The van der Waals surface area contributed by atoms with Crippen LogP contribution in [0.25, 0.3) is 0 Å². The minimum atomic E-state index is 0.223. The number of piperidine rings is 1. The number of hydrogen-bond donors (Lipinski definition) is 0. The first-order valence-corrected chi connectivity index (χ1v) is 9.10. The van der Waals surface area contributed by atoms with Crippen molar-refractivity contribution < 1.29 is 9.36 Å². The van der Waals surface area contributed by atoms with Crippen LogP contribution in [0.3, 0.4) is 0 Å². The van der Waals surface area contributed by atoms with Gasteiger partial charge in [-0.15, -0.1) is 0 Å². The van der Waals surface area contributed by atoms with E-state index in [2.05, 4.69) is 35.2 Å². The lowest BCUT2D eigenvalue weighted by Crippen LogP contribution is -2.47. The molecule has 1 aromatic heterocycles. The Morgan fingerprint density at radius 1 is 1.08 bits per heavy atom. The van der Waals surface area contributed by atoms with E-state index in [1.54, 1.807) is 0 Å². The first kappa shape index (κ1) is 17.5. The van der Waals surface area contributed by atoms with Crippen LogP contribution in [0.4, 0.5) is 5.69 Å². The fourth-order valence-electron chi connectivity index (χ4n) is 3.44. The van der Waals surface area contributed by atoms with E-state index < -0.39 is 0 Å². The average molecular weight is 338 g/mol. The summed E-state index contributed by atoms with van der Waals surface area (Å²) in [5, 5.41) is 0. The predicted octanol–water partition coefficient (Wildman–Crippen LogP) is 2.52. The molecular weight excluding hydrogens is 310 g/mol. The zero-order valence-electron chi connectivity index (χ0n) is 15.3. The van der Waals surface area contributed by atoms with E-state index in [-0.39, 0.29) is 5.91 Å². The fraction of sp³-hybridized carbons (Fsp3) is 0.429. The minimum Gasteiger partial charge on any atom is -0.377 e. The van der Waals surface area contributed by atoms with Crippen molar-refractivity contribution in [3.05, 3.63) is 60.4 Å². The van der Waals surface area contributed by atoms with Crippen LogP contribution < -0.4 is 9.47 Å². The number of rotatable bonds is 5. The highest BCUT2D eigenvalue weighted by Crippen LogP contribution is 2.21. The number of carbonyl (C=O) groups is 1. The van der Waals surface area contributed by atoms with E-state index in [9.17, 15) is 4.79 Å². The molecule has 1 aromatic carbocycles. The summed E-state index contributed by atoms with van der Waals surface area (Å²) in [5.41, 5.74) is 2.55. The smallest absolute Gasteiger partial charge is 0.288 e. The molecule has 1 amide bonds. The van der Waals surface area contributed by atoms with Gasteiger partial charge in [-0.1, -0.05) is 30.3 Å². The molecule has 2 heterocycles. The number of anilines is 1. The summed E-state index contributed by atoms with van der Waals surface area (Å²) >= 11 is 0. The van der Waals surface area contributed by atoms with Crippen LogP contribution in [0.5, 0.6) is 0 Å². The van der Waals surface area contributed by atoms with Crippen molar-refractivity contribution >= 4 is 11.6 Å². The maximum Gasteiger partial charge on any atom is 0.288 e. The first-order chi connectivity index (χ1) is 12.1. The van der Waals surface area contributed by atoms with Gasteiger partial charge in [-0.3, -0.25) is 4.79 Å². The number of hydrogen-bond acceptors (Lipinski definition) is 2. The molecule has 1 aliphatic heterocycles. The number of amides is 1. The quantitative estimate of drug-likeness (QED) is 0.784. The second kappa shape index (κ2) is 8.15. The van der Waals surface area contributed by atoms with Crippen LogP contribution in [-0.4, -0.2) is 38.0 Å². The van der Waals surface area contributed by atoms with E-state index >= 15 is 0 Å². The van der Waals surface area contributed by atoms with Gasteiger partial charge in [0.25, 0.3) is 5.91 Å². The summed E-state index contributed by atoms with van der Waals surface area (Å²) in [4.78, 5) is 16.6. The lowest BCUT2D eigenvalue weighted by molar-refractivity contribution is -0.685. The molecule has 1 aliphatic rings. The van der Waals surface area contributed by atoms with Crippen molar-refractivity contribution in [1.82, 2.24) is 4.90 Å². The Balaban J connectivity index is 1.48. The van der Waals surface area contributed by atoms with Gasteiger partial charge in [0, 0.05) is 45.0 Å². The Hall–Kier alpha value is -2.36. The van der Waals surface area contributed by atoms with Crippen molar-refractivity contribution in [3.63, 3.8) is 0 Å². The molecule has 0 saturated carbocycles. The first-order valence-electron chi connectivity index (χ1n) is 9.10. The van der Waals surface area contributed by atoms with Gasteiger partial charge in [-0.05, 0) is 30.7 Å². The third-order valence-corrected chi connectivity index (χ3v) is 5.04. The number of carbonyl (C=O) groups excluding carboxylic acids is 1. The standard InChI is InChI=1S/C21H28N3O/c1-22(2)20-10-12-23(13-11-20)17-21(25)24-14-8-19(9-15-24)16-18-6-4-3-5-7-18/h3-7,10-13,19H,8-9,14-17H2,1-2H3/q+1. The molecular formula is C21H28N3O+. The largest absolute Gasteiger partial charge is 0.377 e. The zero-order chi connectivity index (χ0) is 17.6. The molecule has 0 bridgehead atoms. The zero-order valence-corrected chi connectivity index (χ0v) is 15.3. The van der Waals surface area contributed by atoms with Gasteiger partial charge < -0.3 is 9.80 Å². The maximum atomic E-state index is 12.5. The summed E-state index contributed by atoms with van der Waals surface area (Å²) in [6.07, 6.45) is 7.30. The Bertz CT molecular complexity index is 674. The van der Waals surface area contributed by atoms with Gasteiger partial charge in [0.1, 0.15) is 0 Å². The molecule has 25 heavy (non-hydrogen) atoms. The molecule has 4 heteroatoms. The van der Waals surface area contributed by atoms with Crippen molar-refractivity contribution in [2.45, 2.75) is 25.8 Å². The van der Waals surface area contributed by atoms with Crippen LogP contribution in [0.1, 0.15) is 18.4 Å². The van der Waals surface area contributed by atoms with E-state index in [0.29, 0.717) is 12.5 Å². The van der Waals surface area contributed by atoms with Gasteiger partial charge in [-0.2, -0.15) is 4.57 Å². The third-order valence-electron chi connectivity index (χ3n) is 5.04. The van der Waals surface area contributed by atoms with Crippen LogP contribution in [0, 0.1) is 5.92 Å². The monoisotopic (exact) mass is 338 g/mol. The molecule has 2 aromatic rings. The van der Waals surface area contributed by atoms with Crippen molar-refractivity contribution in [2.24, 2.45) is 5.92 Å². The fourth-order valence-corrected chi connectivity index (χ4v) is 3.44. The molecule has 132 valence electrons. The molecule has 1 fully saturated rings. The van der Waals surface area contributed by atoms with Crippen LogP contribution in [0.15, 0.2) is 54.9 Å². The Morgan fingerprint density at radius 3 is 2.32 bits per heavy atom. The van der Waals surface area contributed by atoms with Gasteiger partial charge in [0.05, 0.1) is 0 Å². The van der Waals surface area contributed by atoms with Crippen LogP contribution in [-0.2, 0) is 17.8 Å². The second-order valence-corrected chi connectivity index (χ2v) is 7.14. The number of likely N-dealkylation sites (tertiary alicyclic amines) is 1. The predicted molar refractivity (Wildman–Crippen MR) is 100 cm³/mol. The van der Waals surface area contributed by atoms with E-state index in [0.717, 1.165) is 38.0 Å². The lowest BCUT2D eigenvalue weighted by Gasteiger charge is -2.31. The summed E-state index contributed by atoms with van der Waals surface area (Å²) in [6.45, 7) is 2.19. The second-order valence-electron chi connectivity index (χ2n) is 7.14. The SMILES string of the molecule is CN(C)c1cc[n+](CC(=O)N2CCC(Cc3ccccc3)CC2)cc1. The Labute approximate surface area is 150 Å². The Kier molecular flexibility index (Phi) is 5.69. The molecule has 0 atom stereocenters. The highest BCUT2D eigenvalue weighted by molar-refractivity contribution is 5.74. The van der Waals surface area contributed by atoms with Gasteiger partial charge in [0.15, 0.2) is 12.4 Å². The normalized spacial score (nSPS) is 15.2. The molecule has 3 rings (SSSR count). The number of aromatic nitrogens is 1. The summed E-state index contributed by atoms with van der Waals surface area (Å²) in [7, 11) is 4.04. The number of pyridine rings is 1. The van der Waals surface area contributed by atoms with Gasteiger partial charge >= 0.3 is 0 Å². The molecule has 1 saturated heterocycles. The van der Waals surface area contributed by atoms with E-state index in [1.165, 1.54) is 5.56 Å². The lowest BCUT2D eigenvalue weighted by atomic mass is 9.90. The molecule has 0 spiro atoms.